The number of nitrogens with zero attached hydrogens (tertiary/aromatic N) is 2. The monoisotopic (exact) mass is 1970 g/mol. The quantitative estimate of drug-likeness (QED) is 0.0250. The average Bonchev–Trinajstić information content (AvgIpc) is 0.983. The highest BCUT2D eigenvalue weighted by atomic mass is 16.7. The molecule has 138 heavy (non-hydrogen) atoms. The Labute approximate surface area is 853 Å². The molecule has 0 fully saturated rings. The highest BCUT2D eigenvalue weighted by molar-refractivity contribution is 5.70. The SMILES string of the molecule is CCCCCCCCCOC(CCC(=O)OCCCCCCN(CCCCO)CCCCCCOC(=O)CCC(OCCCCCCCCC)OCCCCCCC(CC)CCCCCCCCCOC(CCC(=O)OCCCCCN(CCCCO)CCCCCOC(=O)CCC(OCCCCCCCCC)OCCCCCCCCC)OCCCCCCCCC)OCCCCCCCCC. The van der Waals surface area contributed by atoms with Gasteiger partial charge in [-0.1, -0.05) is 382 Å². The maximum atomic E-state index is 13.1. The number of aliphatic hydroxyl groups is 2. The van der Waals surface area contributed by atoms with Crippen LogP contribution in [0.5, 0.6) is 0 Å². The molecular weight excluding hydrogens is 1730 g/mol. The summed E-state index contributed by atoms with van der Waals surface area (Å²) in [7, 11) is 0. The fourth-order valence-corrected chi connectivity index (χ4v) is 18.1. The second-order valence-electron chi connectivity index (χ2n) is 40.7. The Balaban J connectivity index is 4.78. The summed E-state index contributed by atoms with van der Waals surface area (Å²) in [5.74, 6) is 0.113. The number of carbonyl (C=O) groups excluding carboxylic acids is 4. The third-order valence-electron chi connectivity index (χ3n) is 27.4. The van der Waals surface area contributed by atoms with Gasteiger partial charge in [-0.2, -0.15) is 0 Å². The molecule has 0 bridgehead atoms. The molecule has 3 unspecified atom stereocenters. The third-order valence-corrected chi connectivity index (χ3v) is 27.4. The molecule has 0 spiro atoms. The van der Waals surface area contributed by atoms with Crippen LogP contribution in [0.3, 0.4) is 0 Å². The molecule has 822 valence electrons. The number of hydrogen-bond donors (Lipinski definition) is 2. The second-order valence-corrected chi connectivity index (χ2v) is 40.7. The van der Waals surface area contributed by atoms with E-state index in [4.69, 9.17) is 56.8 Å². The number of carbonyl (C=O) groups is 4. The van der Waals surface area contributed by atoms with E-state index >= 15 is 0 Å². The summed E-state index contributed by atoms with van der Waals surface area (Å²) in [5, 5.41) is 19.1. The van der Waals surface area contributed by atoms with Crippen molar-refractivity contribution >= 4 is 23.9 Å². The maximum absolute atomic E-state index is 13.1. The van der Waals surface area contributed by atoms with Crippen LogP contribution in [-0.4, -0.2) is 201 Å². The van der Waals surface area contributed by atoms with E-state index in [-0.39, 0.29) is 56.0 Å². The van der Waals surface area contributed by atoms with E-state index in [9.17, 15) is 29.4 Å². The second kappa shape index (κ2) is 115. The van der Waals surface area contributed by atoms with Gasteiger partial charge in [-0.15, -0.1) is 0 Å². The van der Waals surface area contributed by atoms with Crippen LogP contribution in [0, 0.1) is 5.92 Å². The number of aliphatic hydroxyl groups excluding tert-OH is 2. The molecular formula is C118H232N2O18. The average molecular weight is 1970 g/mol. The smallest absolute Gasteiger partial charge is 0.305 e. The predicted molar refractivity (Wildman–Crippen MR) is 575 cm³/mol. The van der Waals surface area contributed by atoms with E-state index in [1.54, 1.807) is 0 Å². The maximum Gasteiger partial charge on any atom is 0.305 e. The van der Waals surface area contributed by atoms with Crippen LogP contribution in [0.2, 0.25) is 0 Å². The van der Waals surface area contributed by atoms with Gasteiger partial charge < -0.3 is 76.9 Å². The summed E-state index contributed by atoms with van der Waals surface area (Å²) >= 11 is 0. The van der Waals surface area contributed by atoms with Gasteiger partial charge in [0.25, 0.3) is 0 Å². The van der Waals surface area contributed by atoms with Gasteiger partial charge in [-0.25, -0.2) is 0 Å². The summed E-state index contributed by atoms with van der Waals surface area (Å²) in [5.41, 5.74) is 0. The summed E-state index contributed by atoms with van der Waals surface area (Å²) in [6.45, 7) is 29.4. The molecule has 0 aromatic heterocycles. The fraction of sp³-hybridized carbons (Fsp3) is 0.966. The lowest BCUT2D eigenvalue weighted by molar-refractivity contribution is -0.159. The van der Waals surface area contributed by atoms with Crippen molar-refractivity contribution in [2.75, 3.05) is 132 Å². The van der Waals surface area contributed by atoms with Crippen molar-refractivity contribution in [2.24, 2.45) is 5.92 Å². The molecule has 0 aliphatic heterocycles. The molecule has 3 atom stereocenters. The van der Waals surface area contributed by atoms with Crippen LogP contribution in [0.4, 0.5) is 0 Å². The van der Waals surface area contributed by atoms with Crippen molar-refractivity contribution in [1.29, 1.82) is 0 Å². The molecule has 0 heterocycles. The first-order valence-electron chi connectivity index (χ1n) is 60.2. The Bertz CT molecular complexity index is 2360. The fourth-order valence-electron chi connectivity index (χ4n) is 18.1. The van der Waals surface area contributed by atoms with E-state index < -0.39 is 6.29 Å². The summed E-state index contributed by atoms with van der Waals surface area (Å²) in [4.78, 5) is 56.9. The number of rotatable bonds is 120. The number of ether oxygens (including phenoxy) is 12. The minimum atomic E-state index is -0.391. The molecule has 20 heteroatoms. The molecule has 0 radical (unpaired) electrons. The van der Waals surface area contributed by atoms with Crippen LogP contribution in [0.15, 0.2) is 0 Å². The molecule has 0 aromatic rings. The van der Waals surface area contributed by atoms with Gasteiger partial charge in [0.1, 0.15) is 0 Å². The normalized spacial score (nSPS) is 12.5. The minimum Gasteiger partial charge on any atom is -0.466 e. The summed E-state index contributed by atoms with van der Waals surface area (Å²) in [6.07, 6.45) is 88.0. The van der Waals surface area contributed by atoms with Crippen LogP contribution in [-0.2, 0) is 76.0 Å². The molecule has 20 nitrogen and oxygen atoms in total. The highest BCUT2D eigenvalue weighted by Crippen LogP contribution is 2.25. The highest BCUT2D eigenvalue weighted by Gasteiger charge is 2.21. The Morgan fingerprint density at radius 2 is 0.333 bits per heavy atom. The van der Waals surface area contributed by atoms with Crippen molar-refractivity contribution in [3.63, 3.8) is 0 Å². The van der Waals surface area contributed by atoms with Gasteiger partial charge >= 0.3 is 23.9 Å². The molecule has 0 aliphatic rings. The molecule has 0 rings (SSSR count). The lowest BCUT2D eigenvalue weighted by Gasteiger charge is -2.22. The van der Waals surface area contributed by atoms with E-state index in [0.717, 1.165) is 238 Å². The lowest BCUT2D eigenvalue weighted by atomic mass is 9.92. The van der Waals surface area contributed by atoms with Crippen molar-refractivity contribution < 1.29 is 86.2 Å². The van der Waals surface area contributed by atoms with Crippen molar-refractivity contribution in [3.8, 4) is 0 Å². The first-order chi connectivity index (χ1) is 68.0. The lowest BCUT2D eigenvalue weighted by Crippen LogP contribution is -2.27. The molecule has 2 N–H and O–H groups in total. The summed E-state index contributed by atoms with van der Waals surface area (Å²) < 4.78 is 72.9. The number of hydrogen-bond acceptors (Lipinski definition) is 20. The standard InChI is InChI=1S/C118H232N2O18/c1-8-15-21-27-35-46-70-102-131-115(132-103-71-47-36-28-22-16-9-2)86-82-111(123)127-98-68-54-44-60-90-119(94-64-66-96-121)91-61-45-55-69-99-128-112(124)83-87-118(136-107-75-51-40-32-26-20-13-6)138-109-77-53-43-59-81-110(14-7)80-58-42-34-33-41-52-76-108-137-117(135-106-74-50-39-31-25-19-12-5)89-85-114(126)130-101-79-57-63-93-120(95-65-67-97-122)92-62-56-78-100-129-113(125)84-88-116(133-104-72-48-37-29-23-17-10-3)134-105-73-49-38-30-24-18-11-4/h110,115-118,121-122H,8-109H2,1-7H3. The Kier molecular flexibility index (Phi) is 113. The number of esters is 4. The summed E-state index contributed by atoms with van der Waals surface area (Å²) in [6, 6.07) is 0. The topological polar surface area (TPSA) is 226 Å². The van der Waals surface area contributed by atoms with Crippen molar-refractivity contribution in [2.45, 2.75) is 600 Å². The zero-order chi connectivity index (χ0) is 100.0. The van der Waals surface area contributed by atoms with Crippen LogP contribution in [0.25, 0.3) is 0 Å². The van der Waals surface area contributed by atoms with E-state index in [0.29, 0.717) is 131 Å². The van der Waals surface area contributed by atoms with Gasteiger partial charge in [0, 0.05) is 91.8 Å². The largest absolute Gasteiger partial charge is 0.466 e. The molecule has 0 saturated heterocycles. The van der Waals surface area contributed by atoms with Gasteiger partial charge in [-0.3, -0.25) is 19.2 Å². The Morgan fingerprint density at radius 3 is 0.514 bits per heavy atom. The van der Waals surface area contributed by atoms with Crippen LogP contribution >= 0.6 is 0 Å². The third kappa shape index (κ3) is 103. The number of unbranched alkanes of at least 4 members (excludes halogenated alkanes) is 57. The Morgan fingerprint density at radius 1 is 0.181 bits per heavy atom. The molecule has 0 saturated carbocycles. The van der Waals surface area contributed by atoms with E-state index in [1.807, 2.05) is 0 Å². The predicted octanol–water partition coefficient (Wildman–Crippen LogP) is 31.9. The minimum absolute atomic E-state index is 0.160. The first-order valence-corrected chi connectivity index (χ1v) is 60.2. The molecule has 0 aromatic carbocycles. The van der Waals surface area contributed by atoms with Gasteiger partial charge in [0.15, 0.2) is 25.2 Å². The van der Waals surface area contributed by atoms with Gasteiger partial charge in [0.05, 0.1) is 52.1 Å². The van der Waals surface area contributed by atoms with Crippen LogP contribution < -0.4 is 0 Å². The molecule has 0 amide bonds. The van der Waals surface area contributed by atoms with Crippen LogP contribution in [0.1, 0.15) is 575 Å². The zero-order valence-electron chi connectivity index (χ0n) is 92.3. The van der Waals surface area contributed by atoms with E-state index in [2.05, 4.69) is 58.3 Å². The molecule has 0 aliphatic carbocycles. The Hall–Kier alpha value is -2.60. The van der Waals surface area contributed by atoms with Gasteiger partial charge in [0.2, 0.25) is 0 Å². The van der Waals surface area contributed by atoms with Gasteiger partial charge in [-0.05, 0) is 186 Å². The van der Waals surface area contributed by atoms with E-state index in [1.165, 1.54) is 283 Å². The zero-order valence-corrected chi connectivity index (χ0v) is 92.3. The van der Waals surface area contributed by atoms with Crippen molar-refractivity contribution in [1.82, 2.24) is 9.80 Å². The van der Waals surface area contributed by atoms with Crippen molar-refractivity contribution in [3.05, 3.63) is 0 Å². The first kappa shape index (κ1) is 135.